The zero-order valence-corrected chi connectivity index (χ0v) is 16.5. The third kappa shape index (κ3) is 5.20. The van der Waals surface area contributed by atoms with Gasteiger partial charge in [0.25, 0.3) is 5.91 Å². The van der Waals surface area contributed by atoms with Crippen LogP contribution in [0.2, 0.25) is 0 Å². The van der Waals surface area contributed by atoms with E-state index >= 15 is 0 Å². The second-order valence-corrected chi connectivity index (χ2v) is 7.21. The van der Waals surface area contributed by atoms with Crippen molar-refractivity contribution >= 4 is 11.8 Å². The number of hydrogen-bond acceptors (Lipinski definition) is 3. The molecule has 0 unspecified atom stereocenters. The highest BCUT2D eigenvalue weighted by Crippen LogP contribution is 2.20. The van der Waals surface area contributed by atoms with E-state index in [0.29, 0.717) is 18.7 Å². The summed E-state index contributed by atoms with van der Waals surface area (Å²) in [6.07, 6.45) is 3.05. The number of nitrogens with one attached hydrogen (secondary N) is 2. The van der Waals surface area contributed by atoms with Crippen molar-refractivity contribution in [3.8, 4) is 0 Å². The van der Waals surface area contributed by atoms with Crippen LogP contribution in [0.15, 0.2) is 54.6 Å². The molecule has 2 amide bonds. The number of rotatable bonds is 8. The Morgan fingerprint density at radius 2 is 1.79 bits per heavy atom. The molecular weight excluding hydrogens is 350 g/mol. The predicted octanol–water partition coefficient (Wildman–Crippen LogP) is 3.28. The van der Waals surface area contributed by atoms with Gasteiger partial charge < -0.3 is 10.2 Å². The molecule has 1 fully saturated rings. The second-order valence-electron chi connectivity index (χ2n) is 7.21. The van der Waals surface area contributed by atoms with E-state index in [1.165, 1.54) is 0 Å². The van der Waals surface area contributed by atoms with Crippen LogP contribution >= 0.6 is 0 Å². The number of benzene rings is 2. The standard InChI is InChI=1S/C23H29N3O2/c1-2-13-24-22(27)20-12-8-9-18(16-20)17-25-21(19-10-4-3-5-11-19)23(28)26-14-6-7-15-26/h3-5,8-12,16,21,25H,2,6-7,13-15,17H2,1H3,(H,24,27)/t21-/m0/s1. The first-order valence-electron chi connectivity index (χ1n) is 10.1. The maximum atomic E-state index is 13.1. The van der Waals surface area contributed by atoms with Crippen LogP contribution in [0.1, 0.15) is 53.7 Å². The molecule has 2 aromatic carbocycles. The molecule has 5 heteroatoms. The molecule has 0 aromatic heterocycles. The number of hydrogen-bond donors (Lipinski definition) is 2. The summed E-state index contributed by atoms with van der Waals surface area (Å²) >= 11 is 0. The quantitative estimate of drug-likeness (QED) is 0.740. The second kappa shape index (κ2) is 10.0. The molecular formula is C23H29N3O2. The van der Waals surface area contributed by atoms with E-state index in [-0.39, 0.29) is 17.9 Å². The van der Waals surface area contributed by atoms with Gasteiger partial charge in [-0.2, -0.15) is 0 Å². The van der Waals surface area contributed by atoms with Gasteiger partial charge in [0.2, 0.25) is 5.91 Å². The van der Waals surface area contributed by atoms with Crippen LogP contribution in [0.4, 0.5) is 0 Å². The smallest absolute Gasteiger partial charge is 0.251 e. The number of carbonyl (C=O) groups excluding carboxylic acids is 2. The summed E-state index contributed by atoms with van der Waals surface area (Å²) in [5.41, 5.74) is 2.60. The van der Waals surface area contributed by atoms with Gasteiger partial charge in [0, 0.05) is 31.7 Å². The molecule has 2 aromatic rings. The first-order valence-corrected chi connectivity index (χ1v) is 10.1. The van der Waals surface area contributed by atoms with Crippen molar-refractivity contribution in [3.05, 3.63) is 71.3 Å². The van der Waals surface area contributed by atoms with Crippen molar-refractivity contribution in [2.75, 3.05) is 19.6 Å². The molecule has 0 radical (unpaired) electrons. The van der Waals surface area contributed by atoms with E-state index in [1.54, 1.807) is 0 Å². The van der Waals surface area contributed by atoms with Crippen LogP contribution in [0, 0.1) is 0 Å². The lowest BCUT2D eigenvalue weighted by Crippen LogP contribution is -2.39. The van der Waals surface area contributed by atoms with E-state index in [9.17, 15) is 9.59 Å². The Hall–Kier alpha value is -2.66. The van der Waals surface area contributed by atoms with Crippen LogP contribution in [-0.2, 0) is 11.3 Å². The normalized spacial score (nSPS) is 14.7. The van der Waals surface area contributed by atoms with E-state index in [0.717, 1.165) is 43.5 Å². The van der Waals surface area contributed by atoms with Crippen molar-refractivity contribution in [1.82, 2.24) is 15.5 Å². The maximum absolute atomic E-state index is 13.1. The summed E-state index contributed by atoms with van der Waals surface area (Å²) < 4.78 is 0. The Morgan fingerprint density at radius 1 is 1.04 bits per heavy atom. The SMILES string of the molecule is CCCNC(=O)c1cccc(CN[C@H](C(=O)N2CCCC2)c2ccccc2)c1. The van der Waals surface area contributed by atoms with Gasteiger partial charge >= 0.3 is 0 Å². The highest BCUT2D eigenvalue weighted by molar-refractivity contribution is 5.94. The average Bonchev–Trinajstić information content (AvgIpc) is 3.28. The molecule has 1 atom stereocenters. The largest absolute Gasteiger partial charge is 0.352 e. The molecule has 0 spiro atoms. The van der Waals surface area contributed by atoms with Crippen molar-refractivity contribution in [3.63, 3.8) is 0 Å². The number of nitrogens with zero attached hydrogens (tertiary/aromatic N) is 1. The highest BCUT2D eigenvalue weighted by Gasteiger charge is 2.27. The van der Waals surface area contributed by atoms with Crippen LogP contribution in [0.5, 0.6) is 0 Å². The lowest BCUT2D eigenvalue weighted by Gasteiger charge is -2.24. The number of likely N-dealkylation sites (tertiary alicyclic amines) is 1. The first kappa shape index (κ1) is 20.1. The van der Waals surface area contributed by atoms with E-state index in [2.05, 4.69) is 10.6 Å². The summed E-state index contributed by atoms with van der Waals surface area (Å²) in [6.45, 7) is 4.88. The lowest BCUT2D eigenvalue weighted by atomic mass is 10.0. The molecule has 1 aliphatic rings. The van der Waals surface area contributed by atoms with Gasteiger partial charge in [-0.3, -0.25) is 14.9 Å². The van der Waals surface area contributed by atoms with Gasteiger partial charge in [0.05, 0.1) is 0 Å². The topological polar surface area (TPSA) is 61.4 Å². The molecule has 28 heavy (non-hydrogen) atoms. The van der Waals surface area contributed by atoms with Crippen LogP contribution < -0.4 is 10.6 Å². The predicted molar refractivity (Wildman–Crippen MR) is 111 cm³/mol. The van der Waals surface area contributed by atoms with Crippen molar-refractivity contribution < 1.29 is 9.59 Å². The Bertz CT molecular complexity index is 785. The first-order chi connectivity index (χ1) is 13.7. The van der Waals surface area contributed by atoms with Gasteiger partial charge in [-0.15, -0.1) is 0 Å². The van der Waals surface area contributed by atoms with Gasteiger partial charge in [0.1, 0.15) is 6.04 Å². The molecule has 1 aliphatic heterocycles. The monoisotopic (exact) mass is 379 g/mol. The molecule has 2 N–H and O–H groups in total. The molecule has 1 saturated heterocycles. The van der Waals surface area contributed by atoms with E-state index < -0.39 is 0 Å². The van der Waals surface area contributed by atoms with Gasteiger partial charge in [0.15, 0.2) is 0 Å². The highest BCUT2D eigenvalue weighted by atomic mass is 16.2. The van der Waals surface area contributed by atoms with Crippen LogP contribution in [-0.4, -0.2) is 36.3 Å². The number of amides is 2. The summed E-state index contributed by atoms with van der Waals surface area (Å²) in [7, 11) is 0. The molecule has 0 bridgehead atoms. The molecule has 1 heterocycles. The fourth-order valence-electron chi connectivity index (χ4n) is 3.50. The fraction of sp³-hybridized carbons (Fsp3) is 0.391. The minimum absolute atomic E-state index is 0.0588. The van der Waals surface area contributed by atoms with Crippen molar-refractivity contribution in [1.29, 1.82) is 0 Å². The Balaban J connectivity index is 1.71. The van der Waals surface area contributed by atoms with E-state index in [4.69, 9.17) is 0 Å². The Kier molecular flexibility index (Phi) is 7.20. The minimum atomic E-state index is -0.378. The van der Waals surface area contributed by atoms with Gasteiger partial charge in [-0.05, 0) is 42.5 Å². The fourth-order valence-corrected chi connectivity index (χ4v) is 3.50. The molecule has 0 aliphatic carbocycles. The minimum Gasteiger partial charge on any atom is -0.352 e. The van der Waals surface area contributed by atoms with Gasteiger partial charge in [-0.25, -0.2) is 0 Å². The molecule has 5 nitrogen and oxygen atoms in total. The lowest BCUT2D eigenvalue weighted by molar-refractivity contribution is -0.132. The Morgan fingerprint density at radius 3 is 2.50 bits per heavy atom. The number of carbonyl (C=O) groups is 2. The molecule has 0 saturated carbocycles. The summed E-state index contributed by atoms with van der Waals surface area (Å²) in [4.78, 5) is 27.2. The van der Waals surface area contributed by atoms with Crippen molar-refractivity contribution in [2.24, 2.45) is 0 Å². The average molecular weight is 380 g/mol. The summed E-state index contributed by atoms with van der Waals surface area (Å²) in [5, 5.41) is 6.32. The summed E-state index contributed by atoms with van der Waals surface area (Å²) in [5.74, 6) is 0.0667. The van der Waals surface area contributed by atoms with E-state index in [1.807, 2.05) is 66.4 Å². The maximum Gasteiger partial charge on any atom is 0.251 e. The van der Waals surface area contributed by atoms with Crippen LogP contribution in [0.3, 0.4) is 0 Å². The van der Waals surface area contributed by atoms with Crippen molar-refractivity contribution in [2.45, 2.75) is 38.8 Å². The molecule has 3 rings (SSSR count). The third-order valence-corrected chi connectivity index (χ3v) is 5.03. The van der Waals surface area contributed by atoms with Crippen LogP contribution in [0.25, 0.3) is 0 Å². The zero-order valence-electron chi connectivity index (χ0n) is 16.5. The van der Waals surface area contributed by atoms with Gasteiger partial charge in [-0.1, -0.05) is 49.4 Å². The zero-order chi connectivity index (χ0) is 19.8. The summed E-state index contributed by atoms with van der Waals surface area (Å²) in [6, 6.07) is 17.0. The third-order valence-electron chi connectivity index (χ3n) is 5.03. The molecule has 148 valence electrons. The Labute approximate surface area is 167 Å².